The van der Waals surface area contributed by atoms with E-state index >= 15 is 0 Å². The Hall–Kier alpha value is -4.51. The molecule has 0 aliphatic carbocycles. The van der Waals surface area contributed by atoms with Crippen molar-refractivity contribution < 1.29 is 14.0 Å². The Morgan fingerprint density at radius 3 is 2.50 bits per heavy atom. The van der Waals surface area contributed by atoms with Gasteiger partial charge in [-0.2, -0.15) is 4.98 Å². The van der Waals surface area contributed by atoms with Crippen LogP contribution in [0.2, 0.25) is 0 Å². The van der Waals surface area contributed by atoms with Gasteiger partial charge in [0.25, 0.3) is 5.91 Å². The van der Waals surface area contributed by atoms with Crippen molar-refractivity contribution in [2.24, 2.45) is 0 Å². The molecule has 42 heavy (non-hydrogen) atoms. The first-order valence-corrected chi connectivity index (χ1v) is 14.3. The summed E-state index contributed by atoms with van der Waals surface area (Å²) in [5, 5.41) is 3.27. The molecule has 1 saturated heterocycles. The molecule has 0 unspecified atom stereocenters. The lowest BCUT2D eigenvalue weighted by atomic mass is 9.94. The van der Waals surface area contributed by atoms with E-state index in [1.54, 1.807) is 29.1 Å². The van der Waals surface area contributed by atoms with Crippen LogP contribution in [-0.2, 0) is 11.3 Å². The van der Waals surface area contributed by atoms with E-state index in [1.165, 1.54) is 23.6 Å². The normalized spacial score (nSPS) is 19.5. The van der Waals surface area contributed by atoms with Gasteiger partial charge in [0.15, 0.2) is 5.83 Å². The molecule has 1 aromatic heterocycles. The number of anilines is 5. The molecule has 3 aromatic rings. The molecular weight excluding hydrogens is 535 g/mol. The minimum atomic E-state index is -0.793. The summed E-state index contributed by atoms with van der Waals surface area (Å²) in [5.41, 5.74) is 4.31. The van der Waals surface area contributed by atoms with Gasteiger partial charge in [-0.05, 0) is 62.4 Å². The maximum atomic E-state index is 14.2. The number of amides is 3. The van der Waals surface area contributed by atoms with Crippen molar-refractivity contribution in [3.05, 3.63) is 77.8 Å². The molecule has 3 aliphatic rings. The van der Waals surface area contributed by atoms with E-state index in [-0.39, 0.29) is 12.1 Å². The first-order chi connectivity index (χ1) is 20.3. The molecule has 1 N–H and O–H groups in total. The lowest BCUT2D eigenvalue weighted by Crippen LogP contribution is -2.49. The van der Waals surface area contributed by atoms with Gasteiger partial charge in [-0.3, -0.25) is 9.69 Å². The predicted octanol–water partition coefficient (Wildman–Crippen LogP) is 4.70. The highest BCUT2D eigenvalue weighted by Crippen LogP contribution is 2.41. The number of para-hydroxylation sites is 1. The average Bonchev–Trinajstić information content (AvgIpc) is 3.02. The van der Waals surface area contributed by atoms with Crippen LogP contribution < -0.4 is 20.0 Å². The highest BCUT2D eigenvalue weighted by atomic mass is 19.1. The summed E-state index contributed by atoms with van der Waals surface area (Å²) in [6.45, 7) is 6.24. The first-order valence-electron chi connectivity index (χ1n) is 14.3. The van der Waals surface area contributed by atoms with E-state index < -0.39 is 11.7 Å². The summed E-state index contributed by atoms with van der Waals surface area (Å²) in [6, 6.07) is 15.1. The number of piperazine rings is 1. The molecule has 218 valence electrons. The number of carbonyl (C=O) groups excluding carboxylic acids is 2. The van der Waals surface area contributed by atoms with E-state index in [0.29, 0.717) is 37.0 Å². The number of hydrogen-bond acceptors (Lipinski definition) is 7. The maximum Gasteiger partial charge on any atom is 0.326 e. The molecule has 0 saturated carbocycles. The smallest absolute Gasteiger partial charge is 0.326 e. The Balaban J connectivity index is 1.19. The van der Waals surface area contributed by atoms with E-state index in [9.17, 15) is 14.0 Å². The lowest BCUT2D eigenvalue weighted by Gasteiger charge is -2.43. The van der Waals surface area contributed by atoms with Gasteiger partial charge in [-0.1, -0.05) is 18.2 Å². The van der Waals surface area contributed by atoms with Crippen LogP contribution in [0.15, 0.2) is 66.6 Å². The number of aromatic nitrogens is 2. The molecule has 11 heteroatoms. The number of nitrogens with one attached hydrogen (secondary N) is 1. The predicted molar refractivity (Wildman–Crippen MR) is 162 cm³/mol. The number of urea groups is 1. The van der Waals surface area contributed by atoms with E-state index in [2.05, 4.69) is 44.3 Å². The van der Waals surface area contributed by atoms with Gasteiger partial charge in [-0.25, -0.2) is 14.2 Å². The van der Waals surface area contributed by atoms with Crippen molar-refractivity contribution in [3.63, 3.8) is 0 Å². The van der Waals surface area contributed by atoms with Gasteiger partial charge in [-0.15, -0.1) is 0 Å². The van der Waals surface area contributed by atoms with E-state index in [0.717, 1.165) is 43.0 Å². The standard InChI is InChI=1S/C31H35FN8O2/c1-4-25(32)29(41)39-14-13-27(24-7-5-6-8-26(24)39)40-20-21-19-33-30(35-28(21)37(3)31(40)42)34-22-9-11-23(12-10-22)38-17-15-36(2)16-18-38/h4-12,19,27H,13-18,20H2,1-3H3,(H,33,34,35)/b25-4-/t27-/m0/s1. The van der Waals surface area contributed by atoms with Crippen LogP contribution in [0.4, 0.5) is 38.0 Å². The number of nitrogens with zero attached hydrogens (tertiary/aromatic N) is 7. The molecule has 0 spiro atoms. The number of rotatable bonds is 5. The van der Waals surface area contributed by atoms with Crippen molar-refractivity contribution in [1.29, 1.82) is 0 Å². The molecule has 3 aliphatic heterocycles. The van der Waals surface area contributed by atoms with Crippen molar-refractivity contribution in [2.45, 2.75) is 25.9 Å². The molecule has 0 bridgehead atoms. The van der Waals surface area contributed by atoms with Gasteiger partial charge in [0.05, 0.1) is 12.6 Å². The third kappa shape index (κ3) is 5.16. The van der Waals surface area contributed by atoms with Crippen LogP contribution in [0.1, 0.15) is 30.5 Å². The summed E-state index contributed by atoms with van der Waals surface area (Å²) >= 11 is 0. The fourth-order valence-corrected chi connectivity index (χ4v) is 5.92. The summed E-state index contributed by atoms with van der Waals surface area (Å²) in [5.74, 6) is -0.493. The average molecular weight is 571 g/mol. The number of benzene rings is 2. The molecular formula is C31H35FN8O2. The zero-order chi connectivity index (χ0) is 29.4. The second-order valence-electron chi connectivity index (χ2n) is 10.9. The minimum Gasteiger partial charge on any atom is -0.369 e. The van der Waals surface area contributed by atoms with Crippen molar-refractivity contribution in [2.75, 3.05) is 66.8 Å². The van der Waals surface area contributed by atoms with Gasteiger partial charge < -0.3 is 24.9 Å². The second kappa shape index (κ2) is 11.4. The first kappa shape index (κ1) is 27.6. The van der Waals surface area contributed by atoms with Gasteiger partial charge in [0.1, 0.15) is 5.82 Å². The zero-order valence-corrected chi connectivity index (χ0v) is 24.1. The monoisotopic (exact) mass is 570 g/mol. The van der Waals surface area contributed by atoms with Crippen LogP contribution in [0, 0.1) is 0 Å². The van der Waals surface area contributed by atoms with Gasteiger partial charge in [0.2, 0.25) is 5.95 Å². The van der Waals surface area contributed by atoms with Crippen molar-refractivity contribution in [3.8, 4) is 0 Å². The van der Waals surface area contributed by atoms with E-state index in [4.69, 9.17) is 0 Å². The molecule has 3 amide bonds. The minimum absolute atomic E-state index is 0.192. The number of likely N-dealkylation sites (N-methyl/N-ethyl adjacent to an activating group) is 1. The number of carbonyl (C=O) groups is 2. The summed E-state index contributed by atoms with van der Waals surface area (Å²) in [7, 11) is 3.85. The Kier molecular flexibility index (Phi) is 7.51. The Bertz CT molecular complexity index is 1520. The number of hydrogen-bond donors (Lipinski definition) is 1. The zero-order valence-electron chi connectivity index (χ0n) is 24.1. The highest BCUT2D eigenvalue weighted by Gasteiger charge is 2.39. The molecule has 1 atom stereocenters. The molecule has 1 fully saturated rings. The number of halogens is 1. The summed E-state index contributed by atoms with van der Waals surface area (Å²) < 4.78 is 14.2. The third-order valence-corrected chi connectivity index (χ3v) is 8.32. The lowest BCUT2D eigenvalue weighted by molar-refractivity contribution is -0.116. The highest BCUT2D eigenvalue weighted by molar-refractivity contribution is 6.05. The van der Waals surface area contributed by atoms with Crippen molar-refractivity contribution in [1.82, 2.24) is 19.8 Å². The Morgan fingerprint density at radius 1 is 1.02 bits per heavy atom. The van der Waals surface area contributed by atoms with Crippen LogP contribution in [0.3, 0.4) is 0 Å². The largest absolute Gasteiger partial charge is 0.369 e. The van der Waals surface area contributed by atoms with Crippen molar-refractivity contribution >= 4 is 40.8 Å². The van der Waals surface area contributed by atoms with Gasteiger partial charge >= 0.3 is 6.03 Å². The number of fused-ring (bicyclic) bond motifs is 2. The Morgan fingerprint density at radius 2 is 1.76 bits per heavy atom. The van der Waals surface area contributed by atoms with Crippen LogP contribution in [0.5, 0.6) is 0 Å². The molecule has 0 radical (unpaired) electrons. The fourth-order valence-electron chi connectivity index (χ4n) is 5.92. The topological polar surface area (TPSA) is 88.2 Å². The maximum absolute atomic E-state index is 14.2. The van der Waals surface area contributed by atoms with Crippen LogP contribution in [0.25, 0.3) is 0 Å². The third-order valence-electron chi connectivity index (χ3n) is 8.32. The molecule has 4 heterocycles. The quantitative estimate of drug-likeness (QED) is 0.445. The Labute approximate surface area is 245 Å². The summed E-state index contributed by atoms with van der Waals surface area (Å²) in [4.78, 5) is 45.1. The van der Waals surface area contributed by atoms with Crippen LogP contribution >= 0.6 is 0 Å². The molecule has 10 nitrogen and oxygen atoms in total. The molecule has 2 aromatic carbocycles. The second-order valence-corrected chi connectivity index (χ2v) is 10.9. The number of allylic oxidation sites excluding steroid dienone is 1. The van der Waals surface area contributed by atoms with E-state index in [1.807, 2.05) is 30.3 Å². The summed E-state index contributed by atoms with van der Waals surface area (Å²) in [6.07, 6.45) is 3.41. The molecule has 6 rings (SSSR count). The SMILES string of the molecule is C/C=C(\F)C(=O)N1CC[C@H](N2Cc3cnc(Nc4ccc(N5CCN(C)CC5)cc4)nc3N(C)C2=O)c2ccccc21. The van der Waals surface area contributed by atoms with Gasteiger partial charge in [0, 0.05) is 68.6 Å². The fraction of sp³-hybridized carbons (Fsp3) is 0.355. The van der Waals surface area contributed by atoms with Crippen LogP contribution in [-0.4, -0.2) is 78.5 Å².